The zero-order valence-corrected chi connectivity index (χ0v) is 21.1. The van der Waals surface area contributed by atoms with Crippen LogP contribution in [0.2, 0.25) is 0 Å². The summed E-state index contributed by atoms with van der Waals surface area (Å²) in [6.45, 7) is 2.49. The third kappa shape index (κ3) is 5.96. The highest BCUT2D eigenvalue weighted by atomic mass is 32.2. The van der Waals surface area contributed by atoms with Crippen molar-refractivity contribution in [3.05, 3.63) is 77.9 Å². The summed E-state index contributed by atoms with van der Waals surface area (Å²) in [4.78, 5) is 23.1. The van der Waals surface area contributed by atoms with E-state index in [0.29, 0.717) is 0 Å². The number of fused-ring (bicyclic) bond motifs is 1. The molecule has 3 aromatic rings. The topological polar surface area (TPSA) is 90.0 Å². The van der Waals surface area contributed by atoms with E-state index in [1.54, 1.807) is 19.1 Å². The molecule has 3 aromatic carbocycles. The number of sulfonamides is 1. The van der Waals surface area contributed by atoms with E-state index in [1.807, 2.05) is 0 Å². The lowest BCUT2D eigenvalue weighted by atomic mass is 10.0. The highest BCUT2D eigenvalue weighted by molar-refractivity contribution is 7.92. The number of Topliss-reactive ketones (excluding diaryl/α,β-unsaturated/α-hetero) is 1. The van der Waals surface area contributed by atoms with E-state index >= 15 is 0 Å². The zero-order valence-electron chi connectivity index (χ0n) is 20.2. The summed E-state index contributed by atoms with van der Waals surface area (Å²) in [5, 5.41) is 0. The van der Waals surface area contributed by atoms with Crippen LogP contribution in [0.25, 0.3) is 11.1 Å². The van der Waals surface area contributed by atoms with Gasteiger partial charge in [0, 0.05) is 18.9 Å². The van der Waals surface area contributed by atoms with Crippen molar-refractivity contribution >= 4 is 27.5 Å². The van der Waals surface area contributed by atoms with Gasteiger partial charge in [-0.2, -0.15) is 0 Å². The third-order valence-electron chi connectivity index (χ3n) is 5.89. The molecule has 4 rings (SSSR count). The first kappa shape index (κ1) is 26.3. The molecule has 0 N–H and O–H groups in total. The Kier molecular flexibility index (Phi) is 7.58. The molecule has 1 aliphatic heterocycles. The SMILES string of the molecule is CC(=O)OCC(=O)CC[C@H]1CN(S(=O)(=O)c2cccc(C)c2)c2cc(-c3cc(F)ccc3F)ccc2O1. The Balaban J connectivity index is 1.71. The fourth-order valence-corrected chi connectivity index (χ4v) is 5.66. The van der Waals surface area contributed by atoms with Gasteiger partial charge in [0.15, 0.2) is 5.78 Å². The van der Waals surface area contributed by atoms with Crippen molar-refractivity contribution in [2.75, 3.05) is 17.5 Å². The molecule has 0 saturated carbocycles. The fourth-order valence-electron chi connectivity index (χ4n) is 4.06. The smallest absolute Gasteiger partial charge is 0.303 e. The average molecular weight is 530 g/mol. The molecule has 1 atom stereocenters. The standard InChI is InChI=1S/C27H25F2NO6S/c1-17-4-3-5-23(12-17)37(33,34)30-15-22(9-8-21(32)16-35-18(2)31)36-27-11-6-19(13-26(27)30)24-14-20(28)7-10-25(24)29/h3-7,10-14,22H,8-9,15-16H2,1-2H3/t22-/m0/s1. The number of benzene rings is 3. The van der Waals surface area contributed by atoms with Crippen LogP contribution in [0.4, 0.5) is 14.5 Å². The quantitative estimate of drug-likeness (QED) is 0.389. The molecule has 0 fully saturated rings. The molecule has 0 unspecified atom stereocenters. The second-order valence-corrected chi connectivity index (χ2v) is 10.6. The van der Waals surface area contributed by atoms with Crippen LogP contribution in [-0.2, 0) is 24.3 Å². The predicted octanol–water partition coefficient (Wildman–Crippen LogP) is 4.81. The lowest BCUT2D eigenvalue weighted by Crippen LogP contribution is -2.43. The molecular weight excluding hydrogens is 504 g/mol. The van der Waals surface area contributed by atoms with E-state index in [2.05, 4.69) is 0 Å². The molecule has 1 aliphatic rings. The Morgan fingerprint density at radius 3 is 2.59 bits per heavy atom. The maximum atomic E-state index is 14.5. The van der Waals surface area contributed by atoms with Gasteiger partial charge in [0.2, 0.25) is 0 Å². The Morgan fingerprint density at radius 1 is 1.08 bits per heavy atom. The van der Waals surface area contributed by atoms with Gasteiger partial charge >= 0.3 is 5.97 Å². The van der Waals surface area contributed by atoms with E-state index in [1.165, 1.54) is 41.6 Å². The lowest BCUT2D eigenvalue weighted by Gasteiger charge is -2.36. The molecule has 0 aromatic heterocycles. The van der Waals surface area contributed by atoms with Crippen LogP contribution < -0.4 is 9.04 Å². The molecule has 0 aliphatic carbocycles. The van der Waals surface area contributed by atoms with E-state index in [4.69, 9.17) is 9.47 Å². The van der Waals surface area contributed by atoms with Gasteiger partial charge in [0.05, 0.1) is 17.1 Å². The van der Waals surface area contributed by atoms with E-state index < -0.39 is 33.7 Å². The molecule has 37 heavy (non-hydrogen) atoms. The van der Waals surface area contributed by atoms with Crippen LogP contribution in [-0.4, -0.2) is 39.4 Å². The number of ether oxygens (including phenoxy) is 2. The second-order valence-electron chi connectivity index (χ2n) is 8.76. The Hall–Kier alpha value is -3.79. The second kappa shape index (κ2) is 10.7. The normalized spacial score (nSPS) is 15.0. The lowest BCUT2D eigenvalue weighted by molar-refractivity contribution is -0.145. The van der Waals surface area contributed by atoms with E-state index in [9.17, 15) is 26.8 Å². The molecule has 7 nitrogen and oxygen atoms in total. The van der Waals surface area contributed by atoms with Crippen molar-refractivity contribution in [1.29, 1.82) is 0 Å². The van der Waals surface area contributed by atoms with Crippen molar-refractivity contribution in [3.63, 3.8) is 0 Å². The largest absolute Gasteiger partial charge is 0.486 e. The number of nitrogens with zero attached hydrogens (tertiary/aromatic N) is 1. The van der Waals surface area contributed by atoms with Crippen LogP contribution in [0, 0.1) is 18.6 Å². The van der Waals surface area contributed by atoms with Crippen LogP contribution in [0.3, 0.4) is 0 Å². The zero-order chi connectivity index (χ0) is 26.7. The Labute approximate surface area is 213 Å². The van der Waals surface area contributed by atoms with Crippen molar-refractivity contribution in [2.45, 2.75) is 37.7 Å². The number of aryl methyl sites for hydroxylation is 1. The first-order chi connectivity index (χ1) is 17.5. The number of carbonyl (C=O) groups excluding carboxylic acids is 2. The number of ketones is 1. The molecular formula is C27H25F2NO6S. The first-order valence-electron chi connectivity index (χ1n) is 11.5. The molecule has 0 spiro atoms. The Morgan fingerprint density at radius 2 is 1.86 bits per heavy atom. The predicted molar refractivity (Wildman–Crippen MR) is 133 cm³/mol. The number of carbonyl (C=O) groups is 2. The summed E-state index contributed by atoms with van der Waals surface area (Å²) in [7, 11) is -4.08. The van der Waals surface area contributed by atoms with Crippen molar-refractivity contribution in [3.8, 4) is 16.9 Å². The summed E-state index contributed by atoms with van der Waals surface area (Å²) >= 11 is 0. The Bertz CT molecular complexity index is 1460. The highest BCUT2D eigenvalue weighted by Gasteiger charge is 2.35. The van der Waals surface area contributed by atoms with Gasteiger partial charge in [0.1, 0.15) is 30.1 Å². The van der Waals surface area contributed by atoms with Gasteiger partial charge in [-0.15, -0.1) is 0 Å². The molecule has 0 bridgehead atoms. The summed E-state index contributed by atoms with van der Waals surface area (Å²) < 4.78 is 67.7. The van der Waals surface area contributed by atoms with Crippen molar-refractivity contribution < 1.29 is 36.3 Å². The first-order valence-corrected chi connectivity index (χ1v) is 13.0. The summed E-state index contributed by atoms with van der Waals surface area (Å²) in [6.07, 6.45) is -0.484. The molecule has 0 amide bonds. The minimum Gasteiger partial charge on any atom is -0.486 e. The highest BCUT2D eigenvalue weighted by Crippen LogP contribution is 2.41. The number of rotatable bonds is 8. The molecule has 1 heterocycles. The number of halogens is 2. The minimum absolute atomic E-state index is 0.0121. The van der Waals surface area contributed by atoms with Gasteiger partial charge in [-0.25, -0.2) is 17.2 Å². The monoisotopic (exact) mass is 529 g/mol. The van der Waals surface area contributed by atoms with Crippen LogP contribution in [0.5, 0.6) is 5.75 Å². The number of anilines is 1. The summed E-state index contributed by atoms with van der Waals surface area (Å²) in [6, 6.07) is 13.9. The van der Waals surface area contributed by atoms with Crippen LogP contribution in [0.15, 0.2) is 65.6 Å². The maximum Gasteiger partial charge on any atom is 0.303 e. The maximum absolute atomic E-state index is 14.5. The number of hydrogen-bond acceptors (Lipinski definition) is 6. The summed E-state index contributed by atoms with van der Waals surface area (Å²) in [5.41, 5.74) is 1.18. The fraction of sp³-hybridized carbons (Fsp3) is 0.259. The van der Waals surface area contributed by atoms with Gasteiger partial charge in [-0.1, -0.05) is 18.2 Å². The molecule has 0 radical (unpaired) electrons. The van der Waals surface area contributed by atoms with Gasteiger partial charge in [-0.3, -0.25) is 13.9 Å². The van der Waals surface area contributed by atoms with Crippen molar-refractivity contribution in [1.82, 2.24) is 0 Å². The van der Waals surface area contributed by atoms with Crippen molar-refractivity contribution in [2.24, 2.45) is 0 Å². The molecule has 194 valence electrons. The van der Waals surface area contributed by atoms with Crippen LogP contribution in [0.1, 0.15) is 25.3 Å². The average Bonchev–Trinajstić information content (AvgIpc) is 2.86. The van der Waals surface area contributed by atoms with Gasteiger partial charge in [-0.05, 0) is 66.9 Å². The number of esters is 1. The third-order valence-corrected chi connectivity index (χ3v) is 7.66. The van der Waals surface area contributed by atoms with Crippen LogP contribution >= 0.6 is 0 Å². The minimum atomic E-state index is -4.08. The molecule has 10 heteroatoms. The van der Waals surface area contributed by atoms with E-state index in [0.717, 1.165) is 23.8 Å². The number of hydrogen-bond donors (Lipinski definition) is 0. The van der Waals surface area contributed by atoms with Gasteiger partial charge < -0.3 is 9.47 Å². The van der Waals surface area contributed by atoms with E-state index in [-0.39, 0.29) is 59.2 Å². The molecule has 0 saturated heterocycles. The van der Waals surface area contributed by atoms with Gasteiger partial charge in [0.25, 0.3) is 10.0 Å². The summed E-state index contributed by atoms with van der Waals surface area (Å²) in [5.74, 6) is -1.96.